The van der Waals surface area contributed by atoms with Crippen LogP contribution in [0.15, 0.2) is 28.1 Å². The molecule has 1 saturated carbocycles. The summed E-state index contributed by atoms with van der Waals surface area (Å²) in [5.74, 6) is 0.496. The number of aliphatic imine (C=N–C) groups is 1. The number of sulfone groups is 1. The van der Waals surface area contributed by atoms with Crippen molar-refractivity contribution in [3.63, 3.8) is 0 Å². The zero-order valence-corrected chi connectivity index (χ0v) is 15.8. The highest BCUT2D eigenvalue weighted by Crippen LogP contribution is 2.25. The first-order valence-corrected chi connectivity index (χ1v) is 8.57. The van der Waals surface area contributed by atoms with Crippen molar-refractivity contribution in [2.75, 3.05) is 13.3 Å². The Balaban J connectivity index is 0.00000220. The van der Waals surface area contributed by atoms with Crippen LogP contribution in [-0.4, -0.2) is 38.6 Å². The molecule has 0 amide bonds. The van der Waals surface area contributed by atoms with Gasteiger partial charge in [-0.25, -0.2) is 13.4 Å². The van der Waals surface area contributed by atoms with Crippen molar-refractivity contribution >= 4 is 51.4 Å². The van der Waals surface area contributed by atoms with Crippen LogP contribution in [-0.2, 0) is 16.4 Å². The molecule has 0 heterocycles. The first-order valence-electron chi connectivity index (χ1n) is 6.30. The third-order valence-corrected chi connectivity index (χ3v) is 4.86. The van der Waals surface area contributed by atoms with Gasteiger partial charge in [-0.15, -0.1) is 24.0 Å². The zero-order valence-electron chi connectivity index (χ0n) is 11.9. The Morgan fingerprint density at radius 1 is 1.48 bits per heavy atom. The van der Waals surface area contributed by atoms with Gasteiger partial charge in [0.05, 0.1) is 16.5 Å². The van der Waals surface area contributed by atoms with E-state index >= 15 is 0 Å². The Labute approximate surface area is 147 Å². The van der Waals surface area contributed by atoms with Crippen molar-refractivity contribution in [2.24, 2.45) is 10.7 Å². The summed E-state index contributed by atoms with van der Waals surface area (Å²) < 4.78 is 22.9. The highest BCUT2D eigenvalue weighted by molar-refractivity contribution is 14.0. The van der Waals surface area contributed by atoms with Gasteiger partial charge in [-0.05, 0) is 30.5 Å². The van der Waals surface area contributed by atoms with E-state index in [-0.39, 0.29) is 33.9 Å². The number of nitrogens with zero attached hydrogens (tertiary/aromatic N) is 2. The molecule has 0 bridgehead atoms. The summed E-state index contributed by atoms with van der Waals surface area (Å²) in [5, 5.41) is 0.217. The van der Waals surface area contributed by atoms with Crippen LogP contribution in [0.3, 0.4) is 0 Å². The molecule has 0 aliphatic heterocycles. The highest BCUT2D eigenvalue weighted by atomic mass is 127. The second-order valence-electron chi connectivity index (χ2n) is 5.05. The van der Waals surface area contributed by atoms with E-state index in [9.17, 15) is 8.42 Å². The van der Waals surface area contributed by atoms with E-state index in [4.69, 9.17) is 17.3 Å². The van der Waals surface area contributed by atoms with Crippen molar-refractivity contribution in [1.29, 1.82) is 0 Å². The summed E-state index contributed by atoms with van der Waals surface area (Å²) in [7, 11) is -1.37. The molecule has 1 aliphatic rings. The summed E-state index contributed by atoms with van der Waals surface area (Å²) in [6, 6.07) is 5.33. The van der Waals surface area contributed by atoms with Gasteiger partial charge in [0.15, 0.2) is 15.8 Å². The molecule has 0 unspecified atom stereocenters. The maximum Gasteiger partial charge on any atom is 0.191 e. The van der Waals surface area contributed by atoms with E-state index in [2.05, 4.69) is 4.99 Å². The maximum absolute atomic E-state index is 11.5. The summed E-state index contributed by atoms with van der Waals surface area (Å²) in [6.45, 7) is 0.382. The van der Waals surface area contributed by atoms with Gasteiger partial charge in [0.2, 0.25) is 0 Å². The lowest BCUT2D eigenvalue weighted by Crippen LogP contribution is -2.35. The molecule has 21 heavy (non-hydrogen) atoms. The number of hydrogen-bond donors (Lipinski definition) is 1. The minimum Gasteiger partial charge on any atom is -0.370 e. The molecule has 0 atom stereocenters. The molecule has 1 fully saturated rings. The van der Waals surface area contributed by atoms with Gasteiger partial charge >= 0.3 is 0 Å². The number of guanidine groups is 1. The Morgan fingerprint density at radius 2 is 2.10 bits per heavy atom. The summed E-state index contributed by atoms with van der Waals surface area (Å²) in [5.41, 5.74) is 6.72. The first kappa shape index (κ1) is 18.5. The van der Waals surface area contributed by atoms with Gasteiger partial charge in [0, 0.05) is 19.3 Å². The largest absolute Gasteiger partial charge is 0.370 e. The van der Waals surface area contributed by atoms with Gasteiger partial charge in [-0.3, -0.25) is 0 Å². The zero-order chi connectivity index (χ0) is 14.9. The Hall–Kier alpha value is -0.540. The average molecular weight is 444 g/mol. The van der Waals surface area contributed by atoms with E-state index in [1.165, 1.54) is 6.07 Å². The van der Waals surface area contributed by atoms with Crippen LogP contribution in [0.5, 0.6) is 0 Å². The molecule has 0 aromatic heterocycles. The van der Waals surface area contributed by atoms with Gasteiger partial charge in [0.1, 0.15) is 0 Å². The fraction of sp³-hybridized carbons (Fsp3) is 0.462. The van der Waals surface area contributed by atoms with Crippen molar-refractivity contribution < 1.29 is 8.42 Å². The van der Waals surface area contributed by atoms with Gasteiger partial charge in [0.25, 0.3) is 0 Å². The van der Waals surface area contributed by atoms with E-state index < -0.39 is 9.84 Å². The maximum atomic E-state index is 11.5. The van der Waals surface area contributed by atoms with E-state index in [0.717, 1.165) is 24.7 Å². The summed E-state index contributed by atoms with van der Waals surface area (Å²) in [4.78, 5) is 6.40. The second kappa shape index (κ2) is 7.15. The van der Waals surface area contributed by atoms with Crippen LogP contribution in [0.4, 0.5) is 0 Å². The molecule has 2 rings (SSSR count). The van der Waals surface area contributed by atoms with Gasteiger partial charge in [-0.1, -0.05) is 17.7 Å². The molecule has 5 nitrogen and oxygen atoms in total. The van der Waals surface area contributed by atoms with Crippen molar-refractivity contribution in [2.45, 2.75) is 30.3 Å². The standard InChI is InChI=1S/C13H18ClN3O2S.HI/c1-17(10-4-5-10)13(15)16-8-9-3-6-12(11(14)7-9)20(2,18)19;/h3,6-7,10H,4-5,8H2,1-2H3,(H2,15,16);1H. The number of rotatable bonds is 4. The number of benzene rings is 1. The Bertz CT molecular complexity index is 645. The molecule has 1 aromatic carbocycles. The molecule has 0 saturated heterocycles. The topological polar surface area (TPSA) is 75.8 Å². The second-order valence-corrected chi connectivity index (χ2v) is 7.44. The minimum atomic E-state index is -3.30. The van der Waals surface area contributed by atoms with Crippen LogP contribution in [0.25, 0.3) is 0 Å². The molecule has 1 aliphatic carbocycles. The summed E-state index contributed by atoms with van der Waals surface area (Å²) in [6.07, 6.45) is 3.44. The van der Waals surface area contributed by atoms with E-state index in [1.807, 2.05) is 11.9 Å². The van der Waals surface area contributed by atoms with Crippen molar-refractivity contribution in [3.8, 4) is 0 Å². The van der Waals surface area contributed by atoms with E-state index in [1.54, 1.807) is 12.1 Å². The lowest BCUT2D eigenvalue weighted by Gasteiger charge is -2.16. The molecule has 0 spiro atoms. The van der Waals surface area contributed by atoms with Crippen molar-refractivity contribution in [3.05, 3.63) is 28.8 Å². The predicted molar refractivity (Wildman–Crippen MR) is 96.1 cm³/mol. The van der Waals surface area contributed by atoms with Crippen LogP contribution in [0, 0.1) is 0 Å². The third-order valence-electron chi connectivity index (χ3n) is 3.28. The number of nitrogens with two attached hydrogens (primary N) is 1. The van der Waals surface area contributed by atoms with Crippen LogP contribution in [0.2, 0.25) is 5.02 Å². The Morgan fingerprint density at radius 3 is 2.57 bits per heavy atom. The molecule has 2 N–H and O–H groups in total. The predicted octanol–water partition coefficient (Wildman–Crippen LogP) is 2.27. The lowest BCUT2D eigenvalue weighted by atomic mass is 10.2. The monoisotopic (exact) mass is 443 g/mol. The molecule has 0 radical (unpaired) electrons. The van der Waals surface area contributed by atoms with Crippen molar-refractivity contribution in [1.82, 2.24) is 4.90 Å². The first-order chi connectivity index (χ1) is 9.29. The SMILES string of the molecule is CN(C(N)=NCc1ccc(S(C)(=O)=O)c(Cl)c1)C1CC1.I. The highest BCUT2D eigenvalue weighted by Gasteiger charge is 2.27. The van der Waals surface area contributed by atoms with Gasteiger partial charge < -0.3 is 10.6 Å². The van der Waals surface area contributed by atoms with E-state index in [0.29, 0.717) is 18.5 Å². The Kier molecular flexibility index (Phi) is 6.30. The quantitative estimate of drug-likeness (QED) is 0.440. The van der Waals surface area contributed by atoms with Crippen LogP contribution in [0.1, 0.15) is 18.4 Å². The minimum absolute atomic E-state index is 0. The fourth-order valence-electron chi connectivity index (χ4n) is 1.88. The molecule has 118 valence electrons. The third kappa shape index (κ3) is 5.00. The molecular formula is C13H19ClIN3O2S. The average Bonchev–Trinajstić information content (AvgIpc) is 3.17. The molecule has 8 heteroatoms. The van der Waals surface area contributed by atoms with Crippen LogP contribution < -0.4 is 5.73 Å². The smallest absolute Gasteiger partial charge is 0.191 e. The number of halogens is 2. The fourth-order valence-corrected chi connectivity index (χ4v) is 3.23. The number of hydrogen-bond acceptors (Lipinski definition) is 3. The lowest BCUT2D eigenvalue weighted by molar-refractivity contribution is 0.487. The normalized spacial score (nSPS) is 15.5. The van der Waals surface area contributed by atoms with Crippen LogP contribution >= 0.6 is 35.6 Å². The van der Waals surface area contributed by atoms with Gasteiger partial charge in [-0.2, -0.15) is 0 Å². The molecular weight excluding hydrogens is 425 g/mol. The summed E-state index contributed by atoms with van der Waals surface area (Å²) >= 11 is 5.98. The molecule has 1 aromatic rings.